The van der Waals surface area contributed by atoms with Gasteiger partial charge in [-0.2, -0.15) is 0 Å². The summed E-state index contributed by atoms with van der Waals surface area (Å²) >= 11 is 3.76. The highest BCUT2D eigenvalue weighted by molar-refractivity contribution is 9.09. The molecule has 2 heteroatoms. The first-order valence-electron chi connectivity index (χ1n) is 5.77. The van der Waals surface area contributed by atoms with Crippen LogP contribution in [0.15, 0.2) is 42.7 Å². The van der Waals surface area contributed by atoms with Crippen molar-refractivity contribution in [3.63, 3.8) is 0 Å². The second-order valence-electron chi connectivity index (χ2n) is 4.37. The number of benzene rings is 1. The standard InChI is InChI=1S/C15H16BrN/c1-11-3-4-14(9-12(11)2)15(16)10-13-5-7-17-8-6-13/h3-9,15H,10H2,1-2H3. The van der Waals surface area contributed by atoms with Crippen molar-refractivity contribution in [2.75, 3.05) is 0 Å². The zero-order valence-electron chi connectivity index (χ0n) is 10.2. The number of aromatic nitrogens is 1. The summed E-state index contributed by atoms with van der Waals surface area (Å²) in [6, 6.07) is 10.8. The van der Waals surface area contributed by atoms with E-state index in [4.69, 9.17) is 0 Å². The minimum atomic E-state index is 0.365. The second-order valence-corrected chi connectivity index (χ2v) is 5.48. The molecule has 2 aromatic rings. The first kappa shape index (κ1) is 12.3. The molecule has 17 heavy (non-hydrogen) atoms. The van der Waals surface area contributed by atoms with Gasteiger partial charge in [0.15, 0.2) is 0 Å². The number of hydrogen-bond donors (Lipinski definition) is 0. The summed E-state index contributed by atoms with van der Waals surface area (Å²) in [5, 5.41) is 0. The predicted octanol–water partition coefficient (Wildman–Crippen LogP) is 4.38. The molecule has 0 fully saturated rings. The third kappa shape index (κ3) is 3.16. The van der Waals surface area contributed by atoms with Gasteiger partial charge in [-0.15, -0.1) is 0 Å². The van der Waals surface area contributed by atoms with E-state index >= 15 is 0 Å². The minimum absolute atomic E-state index is 0.365. The number of rotatable bonds is 3. The fourth-order valence-electron chi connectivity index (χ4n) is 1.80. The lowest BCUT2D eigenvalue weighted by Gasteiger charge is -2.12. The molecule has 1 unspecified atom stereocenters. The van der Waals surface area contributed by atoms with E-state index in [2.05, 4.69) is 65.1 Å². The van der Waals surface area contributed by atoms with Crippen LogP contribution in [0.3, 0.4) is 0 Å². The Bertz CT molecular complexity index is 494. The van der Waals surface area contributed by atoms with Crippen molar-refractivity contribution in [2.45, 2.75) is 25.1 Å². The fraction of sp³-hybridized carbons (Fsp3) is 0.267. The molecule has 1 aromatic carbocycles. The maximum Gasteiger partial charge on any atom is 0.0435 e. The van der Waals surface area contributed by atoms with Gasteiger partial charge in [0, 0.05) is 17.2 Å². The summed E-state index contributed by atoms with van der Waals surface area (Å²) in [6.45, 7) is 4.30. The number of halogens is 1. The summed E-state index contributed by atoms with van der Waals surface area (Å²) in [5.41, 5.74) is 5.34. The van der Waals surface area contributed by atoms with Gasteiger partial charge in [0.25, 0.3) is 0 Å². The molecular weight excluding hydrogens is 274 g/mol. The smallest absolute Gasteiger partial charge is 0.0435 e. The molecule has 1 nitrogen and oxygen atoms in total. The molecular formula is C15H16BrN. The highest BCUT2D eigenvalue weighted by Gasteiger charge is 2.09. The summed E-state index contributed by atoms with van der Waals surface area (Å²) in [6.07, 6.45) is 4.68. The van der Waals surface area contributed by atoms with E-state index in [-0.39, 0.29) is 0 Å². The molecule has 0 radical (unpaired) electrons. The Hall–Kier alpha value is -1.15. The molecule has 0 amide bonds. The summed E-state index contributed by atoms with van der Waals surface area (Å²) in [7, 11) is 0. The normalized spacial score (nSPS) is 12.4. The van der Waals surface area contributed by atoms with E-state index < -0.39 is 0 Å². The van der Waals surface area contributed by atoms with Crippen LogP contribution >= 0.6 is 15.9 Å². The Balaban J connectivity index is 2.14. The van der Waals surface area contributed by atoms with Crippen molar-refractivity contribution in [3.05, 3.63) is 65.0 Å². The van der Waals surface area contributed by atoms with E-state index in [0.29, 0.717) is 4.83 Å². The molecule has 0 bridgehead atoms. The SMILES string of the molecule is Cc1ccc(C(Br)Cc2ccncc2)cc1C. The third-order valence-corrected chi connectivity index (χ3v) is 3.91. The minimum Gasteiger partial charge on any atom is -0.265 e. The van der Waals surface area contributed by atoms with Gasteiger partial charge in [0.2, 0.25) is 0 Å². The van der Waals surface area contributed by atoms with Gasteiger partial charge in [0.05, 0.1) is 0 Å². The maximum atomic E-state index is 4.04. The van der Waals surface area contributed by atoms with Crippen molar-refractivity contribution in [3.8, 4) is 0 Å². The molecule has 1 heterocycles. The highest BCUT2D eigenvalue weighted by Crippen LogP contribution is 2.28. The Morgan fingerprint density at radius 2 is 1.76 bits per heavy atom. The summed E-state index contributed by atoms with van der Waals surface area (Å²) in [5.74, 6) is 0. The zero-order valence-corrected chi connectivity index (χ0v) is 11.7. The number of nitrogens with zero attached hydrogens (tertiary/aromatic N) is 1. The number of pyridine rings is 1. The quantitative estimate of drug-likeness (QED) is 0.765. The van der Waals surface area contributed by atoms with E-state index in [1.54, 1.807) is 0 Å². The van der Waals surface area contributed by atoms with E-state index in [1.165, 1.54) is 22.3 Å². The monoisotopic (exact) mass is 289 g/mol. The van der Waals surface area contributed by atoms with Crippen LogP contribution in [0.1, 0.15) is 27.1 Å². The fourth-order valence-corrected chi connectivity index (χ4v) is 2.46. The van der Waals surface area contributed by atoms with Crippen molar-refractivity contribution in [1.29, 1.82) is 0 Å². The van der Waals surface area contributed by atoms with E-state index in [0.717, 1.165) is 6.42 Å². The van der Waals surface area contributed by atoms with Crippen LogP contribution in [0.2, 0.25) is 0 Å². The van der Waals surface area contributed by atoms with Gasteiger partial charge in [-0.1, -0.05) is 34.1 Å². The first-order valence-corrected chi connectivity index (χ1v) is 6.68. The van der Waals surface area contributed by atoms with Crippen LogP contribution in [-0.4, -0.2) is 4.98 Å². The molecule has 88 valence electrons. The average molecular weight is 290 g/mol. The zero-order chi connectivity index (χ0) is 12.3. The molecule has 0 aliphatic rings. The second kappa shape index (κ2) is 5.46. The van der Waals surface area contributed by atoms with E-state index in [9.17, 15) is 0 Å². The molecule has 1 atom stereocenters. The largest absolute Gasteiger partial charge is 0.265 e. The Labute approximate surface area is 111 Å². The molecule has 1 aromatic heterocycles. The number of aryl methyl sites for hydroxylation is 2. The van der Waals surface area contributed by atoms with Crippen LogP contribution in [0, 0.1) is 13.8 Å². The lowest BCUT2D eigenvalue weighted by molar-refractivity contribution is 0.941. The first-order chi connectivity index (χ1) is 8.16. The Kier molecular flexibility index (Phi) is 3.95. The van der Waals surface area contributed by atoms with Gasteiger partial charge in [-0.05, 0) is 54.7 Å². The lowest BCUT2D eigenvalue weighted by atomic mass is 10.0. The molecule has 0 N–H and O–H groups in total. The van der Waals surface area contributed by atoms with E-state index in [1.807, 2.05) is 12.4 Å². The Morgan fingerprint density at radius 3 is 2.41 bits per heavy atom. The van der Waals surface area contributed by atoms with Crippen molar-refractivity contribution in [2.24, 2.45) is 0 Å². The highest BCUT2D eigenvalue weighted by atomic mass is 79.9. The van der Waals surface area contributed by atoms with Crippen molar-refractivity contribution < 1.29 is 0 Å². The molecule has 0 aliphatic carbocycles. The number of hydrogen-bond acceptors (Lipinski definition) is 1. The van der Waals surface area contributed by atoms with Crippen molar-refractivity contribution in [1.82, 2.24) is 4.98 Å². The van der Waals surface area contributed by atoms with Crippen molar-refractivity contribution >= 4 is 15.9 Å². The van der Waals surface area contributed by atoms with Gasteiger partial charge in [0.1, 0.15) is 0 Å². The Morgan fingerprint density at radius 1 is 1.06 bits per heavy atom. The van der Waals surface area contributed by atoms with Crippen LogP contribution in [0.25, 0.3) is 0 Å². The summed E-state index contributed by atoms with van der Waals surface area (Å²) in [4.78, 5) is 4.40. The maximum absolute atomic E-state index is 4.04. The predicted molar refractivity (Wildman–Crippen MR) is 75.5 cm³/mol. The van der Waals surface area contributed by atoms with Crippen LogP contribution < -0.4 is 0 Å². The number of alkyl halides is 1. The summed E-state index contributed by atoms with van der Waals surface area (Å²) < 4.78 is 0. The van der Waals surface area contributed by atoms with Gasteiger partial charge < -0.3 is 0 Å². The molecule has 0 saturated heterocycles. The van der Waals surface area contributed by atoms with Crippen LogP contribution in [0.4, 0.5) is 0 Å². The van der Waals surface area contributed by atoms with Gasteiger partial charge in [-0.25, -0.2) is 0 Å². The average Bonchev–Trinajstić information content (AvgIpc) is 2.34. The van der Waals surface area contributed by atoms with Gasteiger partial charge >= 0.3 is 0 Å². The van der Waals surface area contributed by atoms with Gasteiger partial charge in [-0.3, -0.25) is 4.98 Å². The molecule has 2 rings (SSSR count). The van der Waals surface area contributed by atoms with Crippen LogP contribution in [0.5, 0.6) is 0 Å². The third-order valence-electron chi connectivity index (χ3n) is 3.06. The topological polar surface area (TPSA) is 12.9 Å². The van der Waals surface area contributed by atoms with Crippen LogP contribution in [-0.2, 0) is 6.42 Å². The molecule has 0 aliphatic heterocycles. The molecule has 0 saturated carbocycles. The lowest BCUT2D eigenvalue weighted by Crippen LogP contribution is -1.96. The molecule has 0 spiro atoms.